The lowest BCUT2D eigenvalue weighted by atomic mass is 10.1. The number of ether oxygens (including phenoxy) is 2. The predicted octanol–water partition coefficient (Wildman–Crippen LogP) is -0.161. The van der Waals surface area contributed by atoms with E-state index in [0.29, 0.717) is 5.57 Å². The molecule has 1 aliphatic rings. The lowest BCUT2D eigenvalue weighted by Crippen LogP contribution is -2.33. The predicted molar refractivity (Wildman–Crippen MR) is 58.2 cm³/mol. The molecule has 1 aliphatic heterocycles. The normalized spacial score (nSPS) is 17.9. The molecule has 1 aromatic carbocycles. The minimum absolute atomic E-state index is 0.392. The van der Waals surface area contributed by atoms with Crippen molar-refractivity contribution in [3.8, 4) is 5.75 Å². The van der Waals surface area contributed by atoms with Crippen molar-refractivity contribution in [1.29, 1.82) is 0 Å². The molecule has 0 saturated heterocycles. The fraction of sp³-hybridized carbons (Fsp3) is 0.250. The Kier molecular flexibility index (Phi) is 2.86. The monoisotopic (exact) mass is 217 g/mol. The van der Waals surface area contributed by atoms with E-state index in [1.54, 1.807) is 13.2 Å². The van der Waals surface area contributed by atoms with E-state index in [9.17, 15) is 4.79 Å². The molecule has 4 nitrogen and oxygen atoms in total. The SMILES string of the molecule is COc1ccc2c(c1)=CC(=C=O)C(OC)N=2. The molecule has 0 spiro atoms. The molecule has 0 aromatic heterocycles. The highest BCUT2D eigenvalue weighted by molar-refractivity contribution is 5.70. The van der Waals surface area contributed by atoms with Crippen molar-refractivity contribution in [3.63, 3.8) is 0 Å². The highest BCUT2D eigenvalue weighted by atomic mass is 16.5. The van der Waals surface area contributed by atoms with Crippen LogP contribution in [0.5, 0.6) is 5.75 Å². The fourth-order valence-corrected chi connectivity index (χ4v) is 1.59. The lowest BCUT2D eigenvalue weighted by Gasteiger charge is -2.12. The van der Waals surface area contributed by atoms with Crippen molar-refractivity contribution in [2.45, 2.75) is 6.23 Å². The first-order valence-electron chi connectivity index (χ1n) is 4.80. The van der Waals surface area contributed by atoms with Gasteiger partial charge < -0.3 is 9.47 Å². The van der Waals surface area contributed by atoms with E-state index >= 15 is 0 Å². The lowest BCUT2D eigenvalue weighted by molar-refractivity contribution is 0.140. The Labute approximate surface area is 92.5 Å². The summed E-state index contributed by atoms with van der Waals surface area (Å²) in [6, 6.07) is 5.47. The Balaban J connectivity index is 2.66. The Hall–Kier alpha value is -1.90. The molecule has 2 rings (SSSR count). The van der Waals surface area contributed by atoms with Crippen LogP contribution in [0.25, 0.3) is 6.08 Å². The summed E-state index contributed by atoms with van der Waals surface area (Å²) in [6.45, 7) is 0. The highest BCUT2D eigenvalue weighted by Crippen LogP contribution is 2.09. The molecule has 0 bridgehead atoms. The topological polar surface area (TPSA) is 47.9 Å². The summed E-state index contributed by atoms with van der Waals surface area (Å²) >= 11 is 0. The summed E-state index contributed by atoms with van der Waals surface area (Å²) in [6.07, 6.45) is 1.16. The van der Waals surface area contributed by atoms with Crippen molar-refractivity contribution >= 4 is 12.0 Å². The summed E-state index contributed by atoms with van der Waals surface area (Å²) < 4.78 is 10.2. The third-order valence-corrected chi connectivity index (χ3v) is 2.41. The summed E-state index contributed by atoms with van der Waals surface area (Å²) in [4.78, 5) is 15.0. The molecule has 1 heterocycles. The summed E-state index contributed by atoms with van der Waals surface area (Å²) in [5.74, 6) is 2.56. The van der Waals surface area contributed by atoms with Gasteiger partial charge in [0.05, 0.1) is 18.0 Å². The summed E-state index contributed by atoms with van der Waals surface area (Å²) in [7, 11) is 3.10. The van der Waals surface area contributed by atoms with E-state index in [4.69, 9.17) is 9.47 Å². The van der Waals surface area contributed by atoms with Crippen LogP contribution < -0.4 is 15.3 Å². The second-order valence-corrected chi connectivity index (χ2v) is 3.34. The molecule has 82 valence electrons. The van der Waals surface area contributed by atoms with Crippen molar-refractivity contribution in [1.82, 2.24) is 0 Å². The molecule has 0 aliphatic carbocycles. The molecular weight excluding hydrogens is 206 g/mol. The van der Waals surface area contributed by atoms with Gasteiger partial charge in [0, 0.05) is 12.3 Å². The number of hydrogen-bond donors (Lipinski definition) is 0. The Bertz CT molecular complexity index is 570. The Morgan fingerprint density at radius 1 is 1.38 bits per heavy atom. The van der Waals surface area contributed by atoms with Gasteiger partial charge in [-0.05, 0) is 24.3 Å². The minimum atomic E-state index is -0.557. The maximum absolute atomic E-state index is 10.7. The van der Waals surface area contributed by atoms with Crippen LogP contribution in [0.15, 0.2) is 28.8 Å². The molecule has 0 amide bonds. The smallest absolute Gasteiger partial charge is 0.184 e. The van der Waals surface area contributed by atoms with Gasteiger partial charge in [0.25, 0.3) is 0 Å². The molecule has 16 heavy (non-hydrogen) atoms. The maximum Gasteiger partial charge on any atom is 0.184 e. The van der Waals surface area contributed by atoms with Crippen molar-refractivity contribution in [3.05, 3.63) is 34.3 Å². The van der Waals surface area contributed by atoms with E-state index in [1.807, 2.05) is 24.1 Å². The van der Waals surface area contributed by atoms with Crippen LogP contribution in [0.2, 0.25) is 0 Å². The molecule has 0 N–H and O–H groups in total. The number of hydrogen-bond acceptors (Lipinski definition) is 4. The van der Waals surface area contributed by atoms with Crippen molar-refractivity contribution < 1.29 is 14.3 Å². The second-order valence-electron chi connectivity index (χ2n) is 3.34. The average molecular weight is 217 g/mol. The quantitative estimate of drug-likeness (QED) is 0.647. The molecule has 0 saturated carbocycles. The van der Waals surface area contributed by atoms with Gasteiger partial charge >= 0.3 is 0 Å². The fourth-order valence-electron chi connectivity index (χ4n) is 1.59. The first-order chi connectivity index (χ1) is 7.78. The number of methoxy groups -OCH3 is 2. The molecule has 1 unspecified atom stereocenters. The van der Waals surface area contributed by atoms with Gasteiger partial charge in [0.2, 0.25) is 0 Å². The average Bonchev–Trinajstić information content (AvgIpc) is 2.36. The maximum atomic E-state index is 10.7. The minimum Gasteiger partial charge on any atom is -0.497 e. The first kappa shape index (κ1) is 10.6. The van der Waals surface area contributed by atoms with Crippen LogP contribution in [-0.4, -0.2) is 26.4 Å². The Morgan fingerprint density at radius 2 is 2.19 bits per heavy atom. The van der Waals surface area contributed by atoms with Gasteiger partial charge in [-0.15, -0.1) is 0 Å². The third-order valence-electron chi connectivity index (χ3n) is 2.41. The standard InChI is InChI=1S/C12H11NO3/c1-15-10-3-4-11-8(6-10)5-9(7-14)12(13-11)16-2/h3-6,12H,1-2H3. The van der Waals surface area contributed by atoms with E-state index in [1.165, 1.54) is 7.11 Å². The zero-order valence-electron chi connectivity index (χ0n) is 9.06. The summed E-state index contributed by atoms with van der Waals surface area (Å²) in [5, 5.41) is 1.62. The van der Waals surface area contributed by atoms with E-state index in [0.717, 1.165) is 16.3 Å². The molecule has 1 aromatic rings. The number of fused-ring (bicyclic) bond motifs is 1. The van der Waals surface area contributed by atoms with E-state index in [-0.39, 0.29) is 0 Å². The number of nitrogens with zero attached hydrogens (tertiary/aromatic N) is 1. The van der Waals surface area contributed by atoms with E-state index in [2.05, 4.69) is 4.99 Å². The van der Waals surface area contributed by atoms with Crippen LogP contribution in [0.4, 0.5) is 0 Å². The van der Waals surface area contributed by atoms with Crippen LogP contribution >= 0.6 is 0 Å². The zero-order valence-corrected chi connectivity index (χ0v) is 9.06. The third kappa shape index (κ3) is 1.76. The van der Waals surface area contributed by atoms with Crippen LogP contribution in [0, 0.1) is 0 Å². The molecule has 1 atom stereocenters. The molecular formula is C12H11NO3. The van der Waals surface area contributed by atoms with E-state index < -0.39 is 6.23 Å². The van der Waals surface area contributed by atoms with Gasteiger partial charge in [0.1, 0.15) is 11.7 Å². The van der Waals surface area contributed by atoms with Crippen molar-refractivity contribution in [2.24, 2.45) is 4.99 Å². The largest absolute Gasteiger partial charge is 0.497 e. The number of carbonyl (C=O) groups excluding carboxylic acids is 1. The summed E-state index contributed by atoms with van der Waals surface area (Å²) in [5.41, 5.74) is 0.392. The van der Waals surface area contributed by atoms with Gasteiger partial charge in [-0.1, -0.05) is 0 Å². The van der Waals surface area contributed by atoms with Gasteiger partial charge in [-0.2, -0.15) is 0 Å². The number of rotatable bonds is 2. The first-order valence-corrected chi connectivity index (χ1v) is 4.80. The number of benzene rings is 1. The molecule has 0 fully saturated rings. The van der Waals surface area contributed by atoms with Gasteiger partial charge in [-0.25, -0.2) is 9.79 Å². The van der Waals surface area contributed by atoms with Crippen LogP contribution in [-0.2, 0) is 9.53 Å². The molecule has 0 radical (unpaired) electrons. The van der Waals surface area contributed by atoms with Gasteiger partial charge in [0.15, 0.2) is 6.23 Å². The zero-order chi connectivity index (χ0) is 11.5. The van der Waals surface area contributed by atoms with Crippen LogP contribution in [0.1, 0.15) is 0 Å². The van der Waals surface area contributed by atoms with Crippen molar-refractivity contribution in [2.75, 3.05) is 14.2 Å². The molecule has 4 heteroatoms. The van der Waals surface area contributed by atoms with Gasteiger partial charge in [-0.3, -0.25) is 0 Å². The highest BCUT2D eigenvalue weighted by Gasteiger charge is 2.14. The van der Waals surface area contributed by atoms with Crippen LogP contribution in [0.3, 0.4) is 0 Å². The second kappa shape index (κ2) is 4.31. The Morgan fingerprint density at radius 3 is 2.81 bits per heavy atom.